The van der Waals surface area contributed by atoms with Gasteiger partial charge in [-0.25, -0.2) is 0 Å². The van der Waals surface area contributed by atoms with E-state index in [1.54, 1.807) is 31.2 Å². The quantitative estimate of drug-likeness (QED) is 0.739. The molecule has 0 aromatic heterocycles. The van der Waals surface area contributed by atoms with E-state index in [1.165, 1.54) is 0 Å². The van der Waals surface area contributed by atoms with Gasteiger partial charge < -0.3 is 11.5 Å². The minimum absolute atomic E-state index is 0.455. The lowest BCUT2D eigenvalue weighted by molar-refractivity contribution is -0.117. The average Bonchev–Trinajstić information content (AvgIpc) is 2.18. The van der Waals surface area contributed by atoms with Gasteiger partial charge in [0.05, 0.1) is 10.8 Å². The molecule has 5 heteroatoms. The van der Waals surface area contributed by atoms with Crippen molar-refractivity contribution in [1.82, 2.24) is 0 Å². The smallest absolute Gasteiger partial charge is 0.233 e. The number of nitrogen functional groups attached to an aromatic ring is 1. The van der Waals surface area contributed by atoms with Gasteiger partial charge in [-0.15, -0.1) is 0 Å². The van der Waals surface area contributed by atoms with E-state index in [1.807, 2.05) is 0 Å². The fourth-order valence-corrected chi connectivity index (χ4v) is 2.57. The lowest BCUT2D eigenvalue weighted by atomic mass is 10.3. The fraction of sp³-hybridized carbons (Fsp3) is 0.300. The van der Waals surface area contributed by atoms with Crippen molar-refractivity contribution >= 4 is 22.4 Å². The first kappa shape index (κ1) is 11.7. The summed E-state index contributed by atoms with van der Waals surface area (Å²) in [6.07, 6.45) is 0.455. The summed E-state index contributed by atoms with van der Waals surface area (Å²) >= 11 is 0. The average molecular weight is 226 g/mol. The molecule has 15 heavy (non-hydrogen) atoms. The second-order valence-corrected chi connectivity index (χ2v) is 4.80. The van der Waals surface area contributed by atoms with Crippen molar-refractivity contribution in [3.63, 3.8) is 0 Å². The fourth-order valence-electron chi connectivity index (χ4n) is 1.26. The molecule has 4 nitrogen and oxygen atoms in total. The summed E-state index contributed by atoms with van der Waals surface area (Å²) < 4.78 is 11.9. The zero-order valence-electron chi connectivity index (χ0n) is 8.47. The number of rotatable bonds is 4. The minimum Gasteiger partial charge on any atom is -0.399 e. The molecular weight excluding hydrogens is 212 g/mol. The van der Waals surface area contributed by atoms with Gasteiger partial charge in [-0.2, -0.15) is 0 Å². The highest BCUT2D eigenvalue weighted by atomic mass is 32.2. The van der Waals surface area contributed by atoms with E-state index in [4.69, 9.17) is 11.5 Å². The SMILES string of the molecule is CCC(C(N)=O)S(=O)c1cccc(N)c1. The van der Waals surface area contributed by atoms with Crippen molar-refractivity contribution < 1.29 is 9.00 Å². The van der Waals surface area contributed by atoms with Crippen molar-refractivity contribution in [1.29, 1.82) is 0 Å². The van der Waals surface area contributed by atoms with Crippen LogP contribution in [-0.2, 0) is 15.6 Å². The Balaban J connectivity index is 2.98. The summed E-state index contributed by atoms with van der Waals surface area (Å²) in [5.41, 5.74) is 11.3. The molecular formula is C10H14N2O2S. The number of benzene rings is 1. The topological polar surface area (TPSA) is 86.2 Å². The molecule has 0 bridgehead atoms. The Hall–Kier alpha value is -1.36. The molecule has 82 valence electrons. The van der Waals surface area contributed by atoms with Crippen LogP contribution in [0.15, 0.2) is 29.2 Å². The molecule has 1 rings (SSSR count). The molecule has 2 atom stereocenters. The molecule has 1 amide bonds. The van der Waals surface area contributed by atoms with Gasteiger partial charge in [0.1, 0.15) is 5.25 Å². The number of hydrogen-bond donors (Lipinski definition) is 2. The third-order valence-corrected chi connectivity index (χ3v) is 3.84. The van der Waals surface area contributed by atoms with Crippen LogP contribution in [0.1, 0.15) is 13.3 Å². The largest absolute Gasteiger partial charge is 0.399 e. The van der Waals surface area contributed by atoms with Crippen LogP contribution in [0.5, 0.6) is 0 Å². The Morgan fingerprint density at radius 1 is 1.53 bits per heavy atom. The number of primary amides is 1. The summed E-state index contributed by atoms with van der Waals surface area (Å²) in [5.74, 6) is -0.543. The van der Waals surface area contributed by atoms with E-state index in [0.29, 0.717) is 17.0 Å². The molecule has 0 aliphatic rings. The second kappa shape index (κ2) is 4.93. The highest BCUT2D eigenvalue weighted by Gasteiger charge is 2.21. The molecule has 0 aliphatic heterocycles. The van der Waals surface area contributed by atoms with Gasteiger partial charge in [0, 0.05) is 10.6 Å². The van der Waals surface area contributed by atoms with Crippen molar-refractivity contribution in [2.45, 2.75) is 23.5 Å². The summed E-state index contributed by atoms with van der Waals surface area (Å²) in [6.45, 7) is 1.78. The third kappa shape index (κ3) is 2.79. The zero-order valence-corrected chi connectivity index (χ0v) is 9.29. The summed E-state index contributed by atoms with van der Waals surface area (Å²) in [6, 6.07) is 6.68. The maximum atomic E-state index is 11.9. The Morgan fingerprint density at radius 2 is 2.20 bits per heavy atom. The molecule has 0 saturated heterocycles. The van der Waals surface area contributed by atoms with Crippen LogP contribution in [0.4, 0.5) is 5.69 Å². The number of anilines is 1. The number of amides is 1. The Bertz CT molecular complexity index is 393. The maximum Gasteiger partial charge on any atom is 0.233 e. The normalized spacial score (nSPS) is 14.5. The summed E-state index contributed by atoms with van der Waals surface area (Å²) in [5, 5.41) is -0.646. The molecule has 2 unspecified atom stereocenters. The van der Waals surface area contributed by atoms with E-state index in [-0.39, 0.29) is 0 Å². The number of hydrogen-bond acceptors (Lipinski definition) is 3. The Kier molecular flexibility index (Phi) is 3.85. The molecule has 4 N–H and O–H groups in total. The second-order valence-electron chi connectivity index (χ2n) is 3.17. The minimum atomic E-state index is -1.42. The molecule has 0 aliphatic carbocycles. The molecule has 1 aromatic carbocycles. The standard InChI is InChI=1S/C10H14N2O2S/c1-2-9(10(12)13)15(14)8-5-3-4-7(11)6-8/h3-6,9H,2,11H2,1H3,(H2,12,13). The molecule has 0 radical (unpaired) electrons. The van der Waals surface area contributed by atoms with Gasteiger partial charge >= 0.3 is 0 Å². The van der Waals surface area contributed by atoms with Crippen LogP contribution in [0.25, 0.3) is 0 Å². The van der Waals surface area contributed by atoms with Gasteiger partial charge in [0.2, 0.25) is 5.91 Å². The first-order valence-corrected chi connectivity index (χ1v) is 5.83. The van der Waals surface area contributed by atoms with Crippen molar-refractivity contribution in [2.24, 2.45) is 5.73 Å². The molecule has 0 saturated carbocycles. The van der Waals surface area contributed by atoms with E-state index < -0.39 is 22.0 Å². The van der Waals surface area contributed by atoms with Crippen molar-refractivity contribution in [2.75, 3.05) is 5.73 Å². The van der Waals surface area contributed by atoms with Gasteiger partial charge in [0.25, 0.3) is 0 Å². The van der Waals surface area contributed by atoms with E-state index in [2.05, 4.69) is 0 Å². The van der Waals surface area contributed by atoms with Gasteiger partial charge in [0.15, 0.2) is 0 Å². The number of carbonyl (C=O) groups is 1. The van der Waals surface area contributed by atoms with Crippen LogP contribution in [0, 0.1) is 0 Å². The molecule has 0 heterocycles. The lowest BCUT2D eigenvalue weighted by Crippen LogP contribution is -2.31. The Labute approximate surface area is 91.1 Å². The van der Waals surface area contributed by atoms with Crippen LogP contribution >= 0.6 is 0 Å². The first-order chi connectivity index (χ1) is 7.06. The van der Waals surface area contributed by atoms with Gasteiger partial charge in [-0.3, -0.25) is 9.00 Å². The highest BCUT2D eigenvalue weighted by molar-refractivity contribution is 7.86. The first-order valence-electron chi connectivity index (χ1n) is 4.61. The highest BCUT2D eigenvalue weighted by Crippen LogP contribution is 2.16. The molecule has 1 aromatic rings. The van der Waals surface area contributed by atoms with E-state index in [0.717, 1.165) is 0 Å². The van der Waals surface area contributed by atoms with Crippen LogP contribution in [0.3, 0.4) is 0 Å². The van der Waals surface area contributed by atoms with Crippen LogP contribution in [0.2, 0.25) is 0 Å². The van der Waals surface area contributed by atoms with Gasteiger partial charge in [-0.1, -0.05) is 13.0 Å². The number of nitrogens with two attached hydrogens (primary N) is 2. The molecule has 0 spiro atoms. The third-order valence-electron chi connectivity index (χ3n) is 2.04. The summed E-state index contributed by atoms with van der Waals surface area (Å²) in [7, 11) is -1.42. The van der Waals surface area contributed by atoms with E-state index in [9.17, 15) is 9.00 Å². The molecule has 0 fully saturated rings. The van der Waals surface area contributed by atoms with Crippen LogP contribution < -0.4 is 11.5 Å². The number of carbonyl (C=O) groups excluding carboxylic acids is 1. The van der Waals surface area contributed by atoms with Crippen molar-refractivity contribution in [3.05, 3.63) is 24.3 Å². The maximum absolute atomic E-state index is 11.9. The monoisotopic (exact) mass is 226 g/mol. The predicted molar refractivity (Wildman–Crippen MR) is 60.5 cm³/mol. The summed E-state index contributed by atoms with van der Waals surface area (Å²) in [4.78, 5) is 11.6. The van der Waals surface area contributed by atoms with Crippen molar-refractivity contribution in [3.8, 4) is 0 Å². The van der Waals surface area contributed by atoms with Gasteiger partial charge in [-0.05, 0) is 24.6 Å². The lowest BCUT2D eigenvalue weighted by Gasteiger charge is -2.10. The van der Waals surface area contributed by atoms with E-state index >= 15 is 0 Å². The van der Waals surface area contributed by atoms with Crippen LogP contribution in [-0.4, -0.2) is 15.4 Å². The predicted octanol–water partition coefficient (Wildman–Crippen LogP) is 0.640. The zero-order chi connectivity index (χ0) is 11.4. The Morgan fingerprint density at radius 3 is 2.67 bits per heavy atom.